The number of fused-ring (bicyclic) bond motifs is 4. The number of carbonyl (C=O) groups excluding carboxylic acids is 2. The van der Waals surface area contributed by atoms with Crippen molar-refractivity contribution in [3.05, 3.63) is 53.7 Å². The highest BCUT2D eigenvalue weighted by Crippen LogP contribution is 2.31. The second-order valence-electron chi connectivity index (χ2n) is 7.36. The van der Waals surface area contributed by atoms with E-state index in [1.807, 2.05) is 49.4 Å². The minimum absolute atomic E-state index is 0. The number of nitrogens with one attached hydrogen (secondary N) is 2. The van der Waals surface area contributed by atoms with Crippen molar-refractivity contribution in [1.29, 1.82) is 0 Å². The van der Waals surface area contributed by atoms with E-state index in [9.17, 15) is 9.59 Å². The normalized spacial score (nSPS) is 13.7. The molecule has 160 valence electrons. The molecule has 0 saturated heterocycles. The van der Waals surface area contributed by atoms with Crippen LogP contribution in [0.15, 0.2) is 42.5 Å². The van der Waals surface area contributed by atoms with Crippen LogP contribution in [0, 0.1) is 0 Å². The van der Waals surface area contributed by atoms with E-state index in [0.29, 0.717) is 23.7 Å². The number of hydrogen-bond donors (Lipinski definition) is 2. The molecule has 0 bridgehead atoms. The Hall–Kier alpha value is -3.23. The Morgan fingerprint density at radius 2 is 2.13 bits per heavy atom. The summed E-state index contributed by atoms with van der Waals surface area (Å²) in [5.74, 6) is -0.439. The summed E-state index contributed by atoms with van der Waals surface area (Å²) in [6.45, 7) is 4.88. The van der Waals surface area contributed by atoms with Gasteiger partial charge in [-0.05, 0) is 31.2 Å². The van der Waals surface area contributed by atoms with Crippen molar-refractivity contribution in [1.82, 2.24) is 14.9 Å². The van der Waals surface area contributed by atoms with Crippen molar-refractivity contribution in [2.75, 3.05) is 25.0 Å². The zero-order valence-corrected chi connectivity index (χ0v) is 17.9. The zero-order valence-electron chi connectivity index (χ0n) is 17.1. The molecular formula is C23H24N4O3S. The molecule has 7 nitrogen and oxygen atoms in total. The lowest BCUT2D eigenvalue weighted by Crippen LogP contribution is -2.24. The van der Waals surface area contributed by atoms with Gasteiger partial charge in [-0.25, -0.2) is 4.98 Å². The molecule has 8 heteroatoms. The molecule has 3 heterocycles. The van der Waals surface area contributed by atoms with Crippen LogP contribution in [0.1, 0.15) is 24.4 Å². The maximum Gasteiger partial charge on any atom is 0.298 e. The van der Waals surface area contributed by atoms with Gasteiger partial charge in [0.25, 0.3) is 11.7 Å². The summed E-state index contributed by atoms with van der Waals surface area (Å²) in [4.78, 5) is 30.6. The van der Waals surface area contributed by atoms with Crippen LogP contribution >= 0.6 is 11.3 Å². The molecule has 5 rings (SSSR count). The quantitative estimate of drug-likeness (QED) is 0.367. The van der Waals surface area contributed by atoms with Gasteiger partial charge < -0.3 is 14.6 Å². The Bertz CT molecular complexity index is 1310. The van der Waals surface area contributed by atoms with E-state index < -0.39 is 11.7 Å². The first-order valence-electron chi connectivity index (χ1n) is 10.4. The second-order valence-corrected chi connectivity index (χ2v) is 8.39. The molecule has 1 amide bonds. The topological polar surface area (TPSA) is 85.2 Å². The fraction of sp³-hybridized carbons (Fsp3) is 0.261. The number of rotatable bonds is 5. The third kappa shape index (κ3) is 3.58. The molecule has 0 atom stereocenters. The molecule has 2 aromatic carbocycles. The Balaban J connectivity index is 0.00000245. The Kier molecular flexibility index (Phi) is 5.17. The van der Waals surface area contributed by atoms with Gasteiger partial charge in [0.2, 0.25) is 0 Å². The van der Waals surface area contributed by atoms with Crippen LogP contribution in [0.4, 0.5) is 5.13 Å². The molecular weight excluding hydrogens is 412 g/mol. The first-order valence-corrected chi connectivity index (χ1v) is 11.2. The average molecular weight is 437 g/mol. The van der Waals surface area contributed by atoms with Gasteiger partial charge in [0.15, 0.2) is 5.13 Å². The highest BCUT2D eigenvalue weighted by atomic mass is 32.1. The summed E-state index contributed by atoms with van der Waals surface area (Å²) in [5.41, 5.74) is 3.15. The fourth-order valence-corrected chi connectivity index (χ4v) is 5.02. The standard InChI is InChI=1S/C23H22N4O3S.H2/c1-2-30-14-7-8-16-19(13-14)31-23(25-16)26-22(29)21(28)20-15-5-3-4-6-17(15)27-12-11-24-10-9-18(20)27;/h3-8,13,24H,2,9-12H2,1H3,(H,25,26,29);1H. The summed E-state index contributed by atoms with van der Waals surface area (Å²) < 4.78 is 8.57. The van der Waals surface area contributed by atoms with E-state index >= 15 is 0 Å². The predicted octanol–water partition coefficient (Wildman–Crippen LogP) is 3.86. The number of carbonyl (C=O) groups is 2. The molecule has 4 aromatic rings. The third-order valence-corrected chi connectivity index (χ3v) is 6.39. The number of thiazole rings is 1. The van der Waals surface area contributed by atoms with Gasteiger partial charge in [-0.1, -0.05) is 29.5 Å². The molecule has 0 saturated carbocycles. The number of hydrogen-bond acceptors (Lipinski definition) is 6. The van der Waals surface area contributed by atoms with E-state index in [0.717, 1.165) is 52.2 Å². The molecule has 0 unspecified atom stereocenters. The summed E-state index contributed by atoms with van der Waals surface area (Å²) in [5, 5.41) is 7.29. The van der Waals surface area contributed by atoms with Crippen LogP contribution in [0.2, 0.25) is 0 Å². The Labute approximate surface area is 184 Å². The van der Waals surface area contributed by atoms with Gasteiger partial charge in [0.05, 0.1) is 22.4 Å². The summed E-state index contributed by atoms with van der Waals surface area (Å²) in [6, 6.07) is 13.4. The van der Waals surface area contributed by atoms with Crippen molar-refractivity contribution < 1.29 is 15.8 Å². The van der Waals surface area contributed by atoms with Crippen molar-refractivity contribution in [2.24, 2.45) is 0 Å². The van der Waals surface area contributed by atoms with Gasteiger partial charge in [0.1, 0.15) is 5.75 Å². The molecule has 0 spiro atoms. The molecule has 0 radical (unpaired) electrons. The fourth-order valence-electron chi connectivity index (χ4n) is 4.13. The second kappa shape index (κ2) is 8.13. The largest absolute Gasteiger partial charge is 0.494 e. The molecule has 1 aliphatic heterocycles. The first-order chi connectivity index (χ1) is 15.2. The monoisotopic (exact) mass is 436 g/mol. The van der Waals surface area contributed by atoms with Crippen molar-refractivity contribution >= 4 is 49.3 Å². The van der Waals surface area contributed by atoms with Crippen molar-refractivity contribution in [3.8, 4) is 5.75 Å². The summed E-state index contributed by atoms with van der Waals surface area (Å²) >= 11 is 1.33. The summed E-state index contributed by atoms with van der Waals surface area (Å²) in [7, 11) is 0. The number of ether oxygens (including phenoxy) is 1. The molecule has 0 aliphatic carbocycles. The summed E-state index contributed by atoms with van der Waals surface area (Å²) in [6.07, 6.45) is 0.699. The number of nitrogens with zero attached hydrogens (tertiary/aromatic N) is 2. The van der Waals surface area contributed by atoms with E-state index in [1.165, 1.54) is 11.3 Å². The Morgan fingerprint density at radius 1 is 1.26 bits per heavy atom. The maximum atomic E-state index is 13.3. The van der Waals surface area contributed by atoms with Gasteiger partial charge in [0, 0.05) is 44.1 Å². The Morgan fingerprint density at radius 3 is 3.00 bits per heavy atom. The third-order valence-electron chi connectivity index (χ3n) is 5.45. The van der Waals surface area contributed by atoms with E-state index in [-0.39, 0.29) is 1.43 Å². The van der Waals surface area contributed by atoms with E-state index in [1.54, 1.807) is 0 Å². The molecule has 0 fully saturated rings. The smallest absolute Gasteiger partial charge is 0.298 e. The molecule has 2 aromatic heterocycles. The van der Waals surface area contributed by atoms with Gasteiger partial charge in [-0.3, -0.25) is 14.9 Å². The molecule has 31 heavy (non-hydrogen) atoms. The van der Waals surface area contributed by atoms with E-state index in [2.05, 4.69) is 20.2 Å². The number of anilines is 1. The lowest BCUT2D eigenvalue weighted by molar-refractivity contribution is -0.112. The molecule has 1 aliphatic rings. The maximum absolute atomic E-state index is 13.3. The average Bonchev–Trinajstić information content (AvgIpc) is 3.21. The van der Waals surface area contributed by atoms with Crippen LogP contribution in [-0.2, 0) is 17.8 Å². The lowest BCUT2D eigenvalue weighted by atomic mass is 10.0. The minimum atomic E-state index is -0.666. The SMILES string of the molecule is CCOc1ccc2nc(NC(=O)C(=O)c3c4n(c5ccccc35)CCNCC4)sc2c1.[HH]. The van der Waals surface area contributed by atoms with E-state index in [4.69, 9.17) is 4.74 Å². The number of benzene rings is 2. The number of Topliss-reactive ketones (excluding diaryl/α,β-unsaturated/α-hetero) is 1. The number of aromatic nitrogens is 2. The van der Waals surface area contributed by atoms with Gasteiger partial charge in [-0.15, -0.1) is 0 Å². The van der Waals surface area contributed by atoms with Crippen LogP contribution in [0.25, 0.3) is 21.1 Å². The number of amides is 1. The predicted molar refractivity (Wildman–Crippen MR) is 124 cm³/mol. The zero-order chi connectivity index (χ0) is 21.4. The van der Waals surface area contributed by atoms with Crippen LogP contribution in [-0.4, -0.2) is 40.9 Å². The highest BCUT2D eigenvalue weighted by Gasteiger charge is 2.28. The minimum Gasteiger partial charge on any atom is -0.494 e. The van der Waals surface area contributed by atoms with Crippen molar-refractivity contribution in [2.45, 2.75) is 19.9 Å². The van der Waals surface area contributed by atoms with Crippen LogP contribution in [0.5, 0.6) is 5.75 Å². The van der Waals surface area contributed by atoms with Gasteiger partial charge in [-0.2, -0.15) is 0 Å². The van der Waals surface area contributed by atoms with Crippen molar-refractivity contribution in [3.63, 3.8) is 0 Å². The number of para-hydroxylation sites is 1. The van der Waals surface area contributed by atoms with Crippen LogP contribution < -0.4 is 15.4 Å². The highest BCUT2D eigenvalue weighted by molar-refractivity contribution is 7.22. The van der Waals surface area contributed by atoms with Crippen LogP contribution in [0.3, 0.4) is 0 Å². The molecule has 2 N–H and O–H groups in total. The van der Waals surface area contributed by atoms with Gasteiger partial charge >= 0.3 is 0 Å². The lowest BCUT2D eigenvalue weighted by Gasteiger charge is -2.06. The first kappa shape index (κ1) is 19.7. The number of ketones is 1.